The van der Waals surface area contributed by atoms with Gasteiger partial charge in [-0.25, -0.2) is 18.0 Å². The Bertz CT molecular complexity index is 792. The molecule has 1 aliphatic rings. The van der Waals surface area contributed by atoms with Crippen LogP contribution in [0.2, 0.25) is 0 Å². The van der Waals surface area contributed by atoms with E-state index in [-0.39, 0.29) is 28.2 Å². The van der Waals surface area contributed by atoms with Gasteiger partial charge in [0, 0.05) is 0 Å². The lowest BCUT2D eigenvalue weighted by Crippen LogP contribution is -2.38. The molecule has 0 spiro atoms. The fraction of sp³-hybridized carbons (Fsp3) is 0.500. The lowest BCUT2D eigenvalue weighted by molar-refractivity contribution is 0.0500. The van der Waals surface area contributed by atoms with E-state index >= 15 is 0 Å². The van der Waals surface area contributed by atoms with Crippen molar-refractivity contribution in [2.75, 3.05) is 5.75 Å². The number of alkyl carbamates (subject to hydrolysis) is 1. The second-order valence-corrected chi connectivity index (χ2v) is 8.81. The van der Waals surface area contributed by atoms with Gasteiger partial charge in [0.15, 0.2) is 9.84 Å². The number of hydrogen-bond donors (Lipinski definition) is 2. The average molecular weight is 355 g/mol. The van der Waals surface area contributed by atoms with Gasteiger partial charge in [0.2, 0.25) is 0 Å². The third-order valence-corrected chi connectivity index (χ3v) is 5.66. The summed E-state index contributed by atoms with van der Waals surface area (Å²) in [6.07, 6.45) is -0.432. The zero-order valence-electron chi connectivity index (χ0n) is 14.0. The highest BCUT2D eigenvalue weighted by Crippen LogP contribution is 2.36. The van der Waals surface area contributed by atoms with Gasteiger partial charge >= 0.3 is 12.1 Å². The van der Waals surface area contributed by atoms with E-state index in [1.807, 2.05) is 0 Å². The van der Waals surface area contributed by atoms with Crippen LogP contribution in [0.1, 0.15) is 54.7 Å². The van der Waals surface area contributed by atoms with Gasteiger partial charge in [-0.2, -0.15) is 0 Å². The molecule has 1 aromatic rings. The molecule has 0 fully saturated rings. The fourth-order valence-corrected chi connectivity index (χ4v) is 4.66. The summed E-state index contributed by atoms with van der Waals surface area (Å²) in [6, 6.07) is 2.27. The molecule has 0 saturated heterocycles. The summed E-state index contributed by atoms with van der Waals surface area (Å²) in [6.45, 7) is 6.66. The summed E-state index contributed by atoms with van der Waals surface area (Å²) >= 11 is 0. The number of hydrogen-bond acceptors (Lipinski definition) is 5. The number of fused-ring (bicyclic) bond motifs is 1. The number of nitrogens with one attached hydrogen (secondary N) is 1. The quantitative estimate of drug-likeness (QED) is 0.843. The molecule has 2 rings (SSSR count). The van der Waals surface area contributed by atoms with Crippen molar-refractivity contribution in [2.24, 2.45) is 0 Å². The van der Waals surface area contributed by atoms with Crippen LogP contribution in [0.3, 0.4) is 0 Å². The first-order valence-corrected chi connectivity index (χ1v) is 9.16. The van der Waals surface area contributed by atoms with Crippen molar-refractivity contribution < 1.29 is 27.9 Å². The van der Waals surface area contributed by atoms with Gasteiger partial charge in [0.25, 0.3) is 0 Å². The number of aromatic carboxylic acids is 1. The Balaban J connectivity index is 2.43. The molecule has 1 heterocycles. The fourth-order valence-electron chi connectivity index (χ4n) is 2.76. The summed E-state index contributed by atoms with van der Waals surface area (Å²) in [5.74, 6) is -1.35. The lowest BCUT2D eigenvalue weighted by Gasteiger charge is -2.29. The Labute approximate surface area is 140 Å². The van der Waals surface area contributed by atoms with E-state index in [1.165, 1.54) is 19.1 Å². The van der Waals surface area contributed by atoms with E-state index < -0.39 is 33.5 Å². The Kier molecular flexibility index (Phi) is 4.63. The standard InChI is InChI=1S/C16H21NO6S/c1-9-10(14(18)19)5-6-11-12(7-8-24(21,22)13(9)11)17-15(20)23-16(2,3)4/h5-6,12H,7-8H2,1-4H3,(H,17,20)(H,18,19). The number of carbonyl (C=O) groups excluding carboxylic acids is 1. The number of carbonyl (C=O) groups is 2. The molecule has 7 nitrogen and oxygen atoms in total. The van der Waals surface area contributed by atoms with E-state index in [9.17, 15) is 23.1 Å². The Hall–Kier alpha value is -2.09. The van der Waals surface area contributed by atoms with Crippen molar-refractivity contribution in [3.05, 3.63) is 28.8 Å². The maximum atomic E-state index is 12.4. The van der Waals surface area contributed by atoms with Gasteiger partial charge in [-0.1, -0.05) is 6.07 Å². The summed E-state index contributed by atoms with van der Waals surface area (Å²) < 4.78 is 30.0. The van der Waals surface area contributed by atoms with Crippen LogP contribution in [-0.4, -0.2) is 36.9 Å². The maximum absolute atomic E-state index is 12.4. The van der Waals surface area contributed by atoms with Gasteiger partial charge in [-0.3, -0.25) is 0 Å². The largest absolute Gasteiger partial charge is 0.478 e. The van der Waals surface area contributed by atoms with Crippen molar-refractivity contribution in [1.82, 2.24) is 5.32 Å². The number of rotatable bonds is 2. The van der Waals surface area contributed by atoms with E-state index in [0.717, 1.165) is 0 Å². The first-order chi connectivity index (χ1) is 10.9. The van der Waals surface area contributed by atoms with E-state index in [0.29, 0.717) is 5.56 Å². The average Bonchev–Trinajstić information content (AvgIpc) is 2.39. The molecule has 8 heteroatoms. The van der Waals surface area contributed by atoms with Crippen LogP contribution >= 0.6 is 0 Å². The molecule has 1 atom stereocenters. The number of ether oxygens (including phenoxy) is 1. The van der Waals surface area contributed by atoms with Crippen molar-refractivity contribution in [1.29, 1.82) is 0 Å². The predicted octanol–water partition coefficient (Wildman–Crippen LogP) is 2.44. The number of carboxylic acids is 1. The van der Waals surface area contributed by atoms with Gasteiger partial charge in [0.1, 0.15) is 5.60 Å². The van der Waals surface area contributed by atoms with Crippen molar-refractivity contribution in [3.63, 3.8) is 0 Å². The molecule has 0 radical (unpaired) electrons. The number of amides is 1. The normalized spacial score (nSPS) is 19.2. The highest BCUT2D eigenvalue weighted by Gasteiger charge is 2.34. The molecule has 2 N–H and O–H groups in total. The van der Waals surface area contributed by atoms with Crippen LogP contribution in [0, 0.1) is 6.92 Å². The van der Waals surface area contributed by atoms with Crippen LogP contribution in [0.25, 0.3) is 0 Å². The van der Waals surface area contributed by atoms with Crippen molar-refractivity contribution in [3.8, 4) is 0 Å². The molecule has 1 aliphatic heterocycles. The summed E-state index contributed by atoms with van der Waals surface area (Å²) in [4.78, 5) is 23.2. The number of benzene rings is 1. The molecule has 1 amide bonds. The van der Waals surface area contributed by atoms with Crippen LogP contribution in [-0.2, 0) is 14.6 Å². The molecular weight excluding hydrogens is 334 g/mol. The van der Waals surface area contributed by atoms with Crippen molar-refractivity contribution in [2.45, 2.75) is 50.7 Å². The SMILES string of the molecule is Cc1c(C(=O)O)ccc2c1S(=O)(=O)CCC2NC(=O)OC(C)(C)C. The molecule has 132 valence electrons. The zero-order chi connectivity index (χ0) is 18.3. The third kappa shape index (κ3) is 3.69. The van der Waals surface area contributed by atoms with E-state index in [4.69, 9.17) is 4.74 Å². The lowest BCUT2D eigenvalue weighted by atomic mass is 9.98. The summed E-state index contributed by atoms with van der Waals surface area (Å²) in [7, 11) is -3.59. The molecule has 1 aromatic carbocycles. The molecule has 0 aromatic heterocycles. The van der Waals surface area contributed by atoms with Crippen molar-refractivity contribution >= 4 is 21.9 Å². The number of sulfone groups is 1. The minimum absolute atomic E-state index is 0.00490. The molecule has 1 unspecified atom stereocenters. The maximum Gasteiger partial charge on any atom is 0.408 e. The molecule has 0 saturated carbocycles. The summed E-state index contributed by atoms with van der Waals surface area (Å²) in [5.41, 5.74) is -0.142. The topological polar surface area (TPSA) is 110 Å². The number of carboxylic acid groups (broad SMARTS) is 1. The van der Waals surface area contributed by atoms with Crippen LogP contribution in [0.15, 0.2) is 17.0 Å². The Morgan fingerprint density at radius 1 is 1.29 bits per heavy atom. The molecular formula is C16H21NO6S. The van der Waals surface area contributed by atoms with Gasteiger partial charge < -0.3 is 15.2 Å². The van der Waals surface area contributed by atoms with Gasteiger partial charge in [-0.05, 0) is 51.3 Å². The monoisotopic (exact) mass is 355 g/mol. The highest BCUT2D eigenvalue weighted by atomic mass is 32.2. The van der Waals surface area contributed by atoms with Crippen LogP contribution in [0.5, 0.6) is 0 Å². The van der Waals surface area contributed by atoms with Gasteiger partial charge in [-0.15, -0.1) is 0 Å². The summed E-state index contributed by atoms with van der Waals surface area (Å²) in [5, 5.41) is 11.9. The minimum Gasteiger partial charge on any atom is -0.478 e. The third-order valence-electron chi connectivity index (χ3n) is 3.72. The second kappa shape index (κ2) is 6.08. The highest BCUT2D eigenvalue weighted by molar-refractivity contribution is 7.91. The first kappa shape index (κ1) is 18.3. The zero-order valence-corrected chi connectivity index (χ0v) is 14.9. The molecule has 24 heavy (non-hydrogen) atoms. The van der Waals surface area contributed by atoms with E-state index in [2.05, 4.69) is 5.32 Å². The Morgan fingerprint density at radius 2 is 1.92 bits per heavy atom. The Morgan fingerprint density at radius 3 is 2.46 bits per heavy atom. The minimum atomic E-state index is -3.59. The smallest absolute Gasteiger partial charge is 0.408 e. The molecule has 0 bridgehead atoms. The predicted molar refractivity (Wildman–Crippen MR) is 86.9 cm³/mol. The van der Waals surface area contributed by atoms with Gasteiger partial charge in [0.05, 0.1) is 22.3 Å². The molecule has 0 aliphatic carbocycles. The second-order valence-electron chi connectivity index (χ2n) is 6.77. The van der Waals surface area contributed by atoms with Crippen LogP contribution in [0.4, 0.5) is 4.79 Å². The first-order valence-electron chi connectivity index (χ1n) is 7.51. The van der Waals surface area contributed by atoms with E-state index in [1.54, 1.807) is 20.8 Å². The van der Waals surface area contributed by atoms with Crippen LogP contribution < -0.4 is 5.32 Å².